The third-order valence-corrected chi connectivity index (χ3v) is 3.50. The van der Waals surface area contributed by atoms with Crippen LogP contribution in [0.25, 0.3) is 0 Å². The minimum atomic E-state index is -0.0512. The molecule has 2 aromatic rings. The number of nitrogens with one attached hydrogen (secondary N) is 2. The van der Waals surface area contributed by atoms with Crippen LogP contribution in [0.1, 0.15) is 40.5 Å². The number of hydrogen-bond acceptors (Lipinski definition) is 3. The first kappa shape index (κ1) is 12.8. The Bertz CT molecular complexity index is 591. The summed E-state index contributed by atoms with van der Waals surface area (Å²) < 4.78 is 0. The predicted molar refractivity (Wildman–Crippen MR) is 75.5 cm³/mol. The molecule has 0 aliphatic carbocycles. The molecule has 3 rings (SSSR count). The highest BCUT2D eigenvalue weighted by Crippen LogP contribution is 2.13. The maximum absolute atomic E-state index is 11.8. The monoisotopic (exact) mass is 270 g/mol. The normalized spacial score (nSPS) is 14.5. The van der Waals surface area contributed by atoms with Crippen LogP contribution in [-0.2, 0) is 19.3 Å². The number of carbonyl (C=O) groups is 1. The molecule has 1 aliphatic heterocycles. The van der Waals surface area contributed by atoms with Gasteiger partial charge in [-0.05, 0) is 37.8 Å². The molecule has 0 spiro atoms. The fourth-order valence-corrected chi connectivity index (χ4v) is 2.48. The molecule has 0 saturated heterocycles. The average molecular weight is 270 g/mol. The maximum Gasteiger partial charge on any atom is 0.271 e. The number of nitrogens with zero attached hydrogens (tertiary/aromatic N) is 2. The number of rotatable bonds is 4. The molecule has 1 amide bonds. The third kappa shape index (κ3) is 2.87. The Morgan fingerprint density at radius 1 is 1.25 bits per heavy atom. The van der Waals surface area contributed by atoms with Crippen molar-refractivity contribution in [3.8, 4) is 0 Å². The largest absolute Gasteiger partial charge is 0.351 e. The van der Waals surface area contributed by atoms with Gasteiger partial charge in [0.25, 0.3) is 5.91 Å². The van der Waals surface area contributed by atoms with Crippen LogP contribution in [0.5, 0.6) is 0 Å². The summed E-state index contributed by atoms with van der Waals surface area (Å²) in [5.74, 6) is 0.854. The molecule has 0 unspecified atom stereocenters. The van der Waals surface area contributed by atoms with Gasteiger partial charge in [0.2, 0.25) is 0 Å². The molecule has 0 atom stereocenters. The van der Waals surface area contributed by atoms with Crippen LogP contribution in [0.4, 0.5) is 0 Å². The van der Waals surface area contributed by atoms with E-state index in [0.717, 1.165) is 55.9 Å². The van der Waals surface area contributed by atoms with Gasteiger partial charge in [-0.2, -0.15) is 0 Å². The Kier molecular flexibility index (Phi) is 3.76. The molecule has 3 heterocycles. The number of amides is 1. The quantitative estimate of drug-likeness (QED) is 0.887. The SMILES string of the molecule is O=C1NCCCc2[nH]c(CCCc3ccccn3)nc21. The zero-order chi connectivity index (χ0) is 13.8. The van der Waals surface area contributed by atoms with Crippen molar-refractivity contribution >= 4 is 5.91 Å². The number of aromatic amines is 1. The van der Waals surface area contributed by atoms with E-state index in [0.29, 0.717) is 5.69 Å². The van der Waals surface area contributed by atoms with Gasteiger partial charge in [-0.25, -0.2) is 4.98 Å². The van der Waals surface area contributed by atoms with Crippen molar-refractivity contribution in [1.29, 1.82) is 0 Å². The van der Waals surface area contributed by atoms with Crippen LogP contribution in [0.2, 0.25) is 0 Å². The number of hydrogen-bond donors (Lipinski definition) is 2. The molecular formula is C15H18N4O. The molecule has 1 aliphatic rings. The second kappa shape index (κ2) is 5.86. The highest BCUT2D eigenvalue weighted by molar-refractivity contribution is 5.93. The molecular weight excluding hydrogens is 252 g/mol. The first-order chi connectivity index (χ1) is 9.83. The Balaban J connectivity index is 1.61. The van der Waals surface area contributed by atoms with Crippen molar-refractivity contribution in [1.82, 2.24) is 20.3 Å². The van der Waals surface area contributed by atoms with Crippen molar-refractivity contribution in [2.75, 3.05) is 6.54 Å². The summed E-state index contributed by atoms with van der Waals surface area (Å²) in [5.41, 5.74) is 2.65. The summed E-state index contributed by atoms with van der Waals surface area (Å²) in [6, 6.07) is 5.96. The first-order valence-electron chi connectivity index (χ1n) is 7.09. The van der Waals surface area contributed by atoms with Gasteiger partial charge in [0.15, 0.2) is 0 Å². The van der Waals surface area contributed by atoms with Crippen molar-refractivity contribution in [3.63, 3.8) is 0 Å². The summed E-state index contributed by atoms with van der Waals surface area (Å²) in [4.78, 5) is 23.8. The van der Waals surface area contributed by atoms with E-state index in [1.54, 1.807) is 0 Å². The first-order valence-corrected chi connectivity index (χ1v) is 7.09. The van der Waals surface area contributed by atoms with E-state index < -0.39 is 0 Å². The van der Waals surface area contributed by atoms with E-state index in [9.17, 15) is 4.79 Å². The zero-order valence-corrected chi connectivity index (χ0v) is 11.4. The van der Waals surface area contributed by atoms with E-state index >= 15 is 0 Å². The molecule has 20 heavy (non-hydrogen) atoms. The van der Waals surface area contributed by atoms with Gasteiger partial charge in [-0.3, -0.25) is 9.78 Å². The molecule has 2 aromatic heterocycles. The second-order valence-corrected chi connectivity index (χ2v) is 5.04. The van der Waals surface area contributed by atoms with Crippen molar-refractivity contribution in [2.45, 2.75) is 32.1 Å². The van der Waals surface area contributed by atoms with Crippen molar-refractivity contribution in [3.05, 3.63) is 47.3 Å². The number of aromatic nitrogens is 3. The van der Waals surface area contributed by atoms with Crippen LogP contribution < -0.4 is 5.32 Å². The van der Waals surface area contributed by atoms with Gasteiger partial charge >= 0.3 is 0 Å². The van der Waals surface area contributed by atoms with Crippen LogP contribution in [0.3, 0.4) is 0 Å². The summed E-state index contributed by atoms with van der Waals surface area (Å²) in [7, 11) is 0. The minimum Gasteiger partial charge on any atom is -0.351 e. The van der Waals surface area contributed by atoms with E-state index in [-0.39, 0.29) is 5.91 Å². The predicted octanol–water partition coefficient (Wildman–Crippen LogP) is 1.66. The van der Waals surface area contributed by atoms with Crippen LogP contribution >= 0.6 is 0 Å². The lowest BCUT2D eigenvalue weighted by molar-refractivity contribution is 0.0951. The number of aryl methyl sites for hydroxylation is 3. The standard InChI is InChI=1S/C15H18N4O/c20-15-14-12(7-4-10-17-15)18-13(19-14)8-3-6-11-5-1-2-9-16-11/h1-2,5,9H,3-4,6-8,10H2,(H,17,20)(H,18,19). The molecule has 0 radical (unpaired) electrons. The van der Waals surface area contributed by atoms with E-state index in [1.807, 2.05) is 24.4 Å². The molecule has 2 N–H and O–H groups in total. The lowest BCUT2D eigenvalue weighted by Gasteiger charge is -1.99. The summed E-state index contributed by atoms with van der Waals surface area (Å²) >= 11 is 0. The fraction of sp³-hybridized carbons (Fsp3) is 0.400. The number of pyridine rings is 1. The third-order valence-electron chi connectivity index (χ3n) is 3.50. The molecule has 5 nitrogen and oxygen atoms in total. The number of imidazole rings is 1. The molecule has 0 aromatic carbocycles. The van der Waals surface area contributed by atoms with Gasteiger partial charge in [0, 0.05) is 30.6 Å². The number of H-pyrrole nitrogens is 1. The Hall–Kier alpha value is -2.17. The van der Waals surface area contributed by atoms with E-state index in [1.165, 1.54) is 0 Å². The second-order valence-electron chi connectivity index (χ2n) is 5.04. The molecule has 0 bridgehead atoms. The number of carbonyl (C=O) groups excluding carboxylic acids is 1. The van der Waals surface area contributed by atoms with Gasteiger partial charge in [-0.1, -0.05) is 6.07 Å². The van der Waals surface area contributed by atoms with Gasteiger partial charge in [0.1, 0.15) is 11.5 Å². The maximum atomic E-state index is 11.8. The Morgan fingerprint density at radius 3 is 3.05 bits per heavy atom. The topological polar surface area (TPSA) is 70.7 Å². The Labute approximate surface area is 117 Å². The van der Waals surface area contributed by atoms with Crippen LogP contribution in [-0.4, -0.2) is 27.4 Å². The van der Waals surface area contributed by atoms with Crippen molar-refractivity contribution in [2.24, 2.45) is 0 Å². The van der Waals surface area contributed by atoms with Crippen LogP contribution in [0, 0.1) is 0 Å². The van der Waals surface area contributed by atoms with Gasteiger partial charge in [0.05, 0.1) is 0 Å². The summed E-state index contributed by atoms with van der Waals surface area (Å²) in [5, 5.41) is 2.86. The smallest absolute Gasteiger partial charge is 0.271 e. The molecule has 104 valence electrons. The number of fused-ring (bicyclic) bond motifs is 1. The lowest BCUT2D eigenvalue weighted by atomic mass is 10.2. The Morgan fingerprint density at radius 2 is 2.20 bits per heavy atom. The highest BCUT2D eigenvalue weighted by atomic mass is 16.1. The fourth-order valence-electron chi connectivity index (χ4n) is 2.48. The van der Waals surface area contributed by atoms with Crippen LogP contribution in [0.15, 0.2) is 24.4 Å². The lowest BCUT2D eigenvalue weighted by Crippen LogP contribution is -2.23. The highest BCUT2D eigenvalue weighted by Gasteiger charge is 2.19. The summed E-state index contributed by atoms with van der Waals surface area (Å²) in [6.45, 7) is 0.734. The van der Waals surface area contributed by atoms with Gasteiger partial charge in [-0.15, -0.1) is 0 Å². The van der Waals surface area contributed by atoms with Gasteiger partial charge < -0.3 is 10.3 Å². The van der Waals surface area contributed by atoms with E-state index in [4.69, 9.17) is 0 Å². The van der Waals surface area contributed by atoms with E-state index in [2.05, 4.69) is 20.3 Å². The van der Waals surface area contributed by atoms with Crippen molar-refractivity contribution < 1.29 is 4.79 Å². The molecule has 0 saturated carbocycles. The molecule has 5 heteroatoms. The molecule has 0 fully saturated rings. The minimum absolute atomic E-state index is 0.0512. The zero-order valence-electron chi connectivity index (χ0n) is 11.4. The summed E-state index contributed by atoms with van der Waals surface area (Å²) in [6.07, 6.45) is 6.42. The average Bonchev–Trinajstić information content (AvgIpc) is 2.80.